The number of sulfone groups is 1. The average molecular weight is 470 g/mol. The van der Waals surface area contributed by atoms with Crippen LogP contribution in [0, 0.1) is 13.8 Å². The highest BCUT2D eigenvalue weighted by molar-refractivity contribution is 7.99. The van der Waals surface area contributed by atoms with Gasteiger partial charge in [0.2, 0.25) is 5.91 Å². The molecule has 2 heterocycles. The summed E-state index contributed by atoms with van der Waals surface area (Å²) in [6.45, 7) is 4.15. The summed E-state index contributed by atoms with van der Waals surface area (Å²) in [4.78, 5) is 19.1. The average Bonchev–Trinajstić information content (AvgIpc) is 3.35. The van der Waals surface area contributed by atoms with Gasteiger partial charge in [-0.1, -0.05) is 60.3 Å². The van der Waals surface area contributed by atoms with Crippen LogP contribution in [0.3, 0.4) is 0 Å². The van der Waals surface area contributed by atoms with Crippen molar-refractivity contribution >= 4 is 27.5 Å². The topological polar surface area (TPSA) is 72.3 Å². The lowest BCUT2D eigenvalue weighted by molar-refractivity contribution is -0.128. The first-order valence-corrected chi connectivity index (χ1v) is 13.4. The number of hydrogen-bond acceptors (Lipinski definition) is 5. The number of aromatic nitrogens is 2. The van der Waals surface area contributed by atoms with Crippen LogP contribution in [0.4, 0.5) is 0 Å². The smallest absolute Gasteiger partial charge is 0.233 e. The molecule has 1 saturated heterocycles. The van der Waals surface area contributed by atoms with Crippen LogP contribution in [0.15, 0.2) is 59.9 Å². The van der Waals surface area contributed by atoms with Gasteiger partial charge < -0.3 is 4.90 Å². The Labute approximate surface area is 193 Å². The van der Waals surface area contributed by atoms with Crippen molar-refractivity contribution in [2.75, 3.05) is 24.3 Å². The number of imidazole rings is 1. The molecule has 1 aliphatic rings. The Bertz CT molecular complexity index is 1220. The predicted octanol–water partition coefficient (Wildman–Crippen LogP) is 3.89. The Morgan fingerprint density at radius 2 is 1.81 bits per heavy atom. The lowest BCUT2D eigenvalue weighted by Crippen LogP contribution is -2.38. The molecular weight excluding hydrogens is 442 g/mol. The Balaban J connectivity index is 1.63. The molecule has 8 heteroatoms. The van der Waals surface area contributed by atoms with E-state index in [0.717, 1.165) is 33.2 Å². The third-order valence-corrected chi connectivity index (χ3v) is 8.62. The fourth-order valence-electron chi connectivity index (χ4n) is 4.14. The van der Waals surface area contributed by atoms with E-state index in [-0.39, 0.29) is 29.2 Å². The van der Waals surface area contributed by atoms with Crippen LogP contribution in [-0.2, 0) is 14.6 Å². The molecule has 0 spiro atoms. The summed E-state index contributed by atoms with van der Waals surface area (Å²) in [6, 6.07) is 16.0. The molecule has 0 N–H and O–H groups in total. The van der Waals surface area contributed by atoms with Gasteiger partial charge in [-0.25, -0.2) is 13.4 Å². The minimum Gasteiger partial charge on any atom is -0.341 e. The molecule has 168 valence electrons. The fourth-order valence-corrected chi connectivity index (χ4v) is 6.81. The molecule has 3 aromatic rings. The zero-order chi connectivity index (χ0) is 22.9. The maximum absolute atomic E-state index is 12.8. The first kappa shape index (κ1) is 22.6. The molecule has 0 saturated carbocycles. The number of thioether (sulfide) groups is 1. The molecule has 6 nitrogen and oxygen atoms in total. The maximum atomic E-state index is 12.8. The van der Waals surface area contributed by atoms with Crippen LogP contribution < -0.4 is 0 Å². The van der Waals surface area contributed by atoms with Gasteiger partial charge in [0.1, 0.15) is 0 Å². The molecule has 4 rings (SSSR count). The third kappa shape index (κ3) is 4.61. The molecule has 1 atom stereocenters. The number of carbonyl (C=O) groups is 1. The number of amides is 1. The van der Waals surface area contributed by atoms with Crippen molar-refractivity contribution in [1.29, 1.82) is 0 Å². The van der Waals surface area contributed by atoms with Gasteiger partial charge in [0.05, 0.1) is 34.8 Å². The molecular formula is C24H27N3O3S2. The molecule has 1 unspecified atom stereocenters. The highest BCUT2D eigenvalue weighted by Gasteiger charge is 2.32. The summed E-state index contributed by atoms with van der Waals surface area (Å²) in [6.07, 6.45) is 2.35. The van der Waals surface area contributed by atoms with E-state index < -0.39 is 9.84 Å². The molecule has 0 aliphatic carbocycles. The van der Waals surface area contributed by atoms with E-state index in [9.17, 15) is 13.2 Å². The zero-order valence-corrected chi connectivity index (χ0v) is 20.1. The van der Waals surface area contributed by atoms with Gasteiger partial charge in [-0.3, -0.25) is 9.36 Å². The number of rotatable bonds is 6. The molecule has 0 radical (unpaired) electrons. The van der Waals surface area contributed by atoms with Gasteiger partial charge in [-0.15, -0.1) is 0 Å². The highest BCUT2D eigenvalue weighted by atomic mass is 32.2. The van der Waals surface area contributed by atoms with Crippen LogP contribution in [0.2, 0.25) is 0 Å². The second-order valence-electron chi connectivity index (χ2n) is 8.22. The summed E-state index contributed by atoms with van der Waals surface area (Å²) < 4.78 is 25.7. The van der Waals surface area contributed by atoms with Crippen molar-refractivity contribution in [2.45, 2.75) is 31.5 Å². The molecule has 1 aromatic heterocycles. The minimum atomic E-state index is -3.04. The molecule has 1 fully saturated rings. The zero-order valence-electron chi connectivity index (χ0n) is 18.5. The Morgan fingerprint density at radius 3 is 2.44 bits per heavy atom. The SMILES string of the molecule is Cc1cccc(C)c1-n1c(-c2ccccc2)cnc1SCC(=O)N(C)C1CCS(=O)(=O)C1. The Kier molecular flexibility index (Phi) is 6.44. The second-order valence-corrected chi connectivity index (χ2v) is 11.4. The Morgan fingerprint density at radius 1 is 1.12 bits per heavy atom. The first-order valence-electron chi connectivity index (χ1n) is 10.6. The summed E-state index contributed by atoms with van der Waals surface area (Å²) >= 11 is 1.38. The van der Waals surface area contributed by atoms with Gasteiger partial charge in [0.25, 0.3) is 0 Å². The second kappa shape index (κ2) is 9.11. The van der Waals surface area contributed by atoms with Crippen molar-refractivity contribution in [1.82, 2.24) is 14.5 Å². The third-order valence-electron chi connectivity index (χ3n) is 5.94. The van der Waals surface area contributed by atoms with Crippen molar-refractivity contribution < 1.29 is 13.2 Å². The van der Waals surface area contributed by atoms with E-state index in [4.69, 9.17) is 0 Å². The number of hydrogen-bond donors (Lipinski definition) is 0. The summed E-state index contributed by atoms with van der Waals surface area (Å²) in [5.74, 6) is 0.312. The van der Waals surface area contributed by atoms with Crippen LogP contribution in [0.5, 0.6) is 0 Å². The molecule has 1 amide bonds. The quantitative estimate of drug-likeness (QED) is 0.512. The van der Waals surface area contributed by atoms with Crippen molar-refractivity contribution in [3.63, 3.8) is 0 Å². The standard InChI is InChI=1S/C24H27N3O3S2/c1-17-8-7-9-18(2)23(17)27-21(19-10-5-4-6-11-19)14-25-24(27)31-15-22(28)26(3)20-12-13-32(29,30)16-20/h4-11,14,20H,12-13,15-16H2,1-3H3. The van der Waals surface area contributed by atoms with Gasteiger partial charge in [-0.2, -0.15) is 0 Å². The number of benzene rings is 2. The van der Waals surface area contributed by atoms with Gasteiger partial charge in [0.15, 0.2) is 15.0 Å². The number of nitrogens with zero attached hydrogens (tertiary/aromatic N) is 3. The van der Waals surface area contributed by atoms with E-state index in [1.54, 1.807) is 11.9 Å². The number of aryl methyl sites for hydroxylation is 2. The molecule has 1 aliphatic heterocycles. The molecule has 0 bridgehead atoms. The maximum Gasteiger partial charge on any atom is 0.233 e. The van der Waals surface area contributed by atoms with Crippen LogP contribution in [0.25, 0.3) is 16.9 Å². The normalized spacial score (nSPS) is 17.4. The lowest BCUT2D eigenvalue weighted by Gasteiger charge is -2.23. The molecule has 2 aromatic carbocycles. The van der Waals surface area contributed by atoms with Crippen molar-refractivity contribution in [3.05, 3.63) is 65.9 Å². The van der Waals surface area contributed by atoms with Crippen LogP contribution in [-0.4, -0.2) is 59.1 Å². The van der Waals surface area contributed by atoms with Crippen LogP contribution >= 0.6 is 11.8 Å². The number of carbonyl (C=O) groups excluding carboxylic acids is 1. The first-order chi connectivity index (χ1) is 15.3. The number of para-hydroxylation sites is 1. The summed E-state index contributed by atoms with van der Waals surface area (Å²) in [5, 5.41) is 0.738. The van der Waals surface area contributed by atoms with E-state index in [0.29, 0.717) is 6.42 Å². The Hall–Kier alpha value is -2.58. The minimum absolute atomic E-state index is 0.0507. The largest absolute Gasteiger partial charge is 0.341 e. The van der Waals surface area contributed by atoms with E-state index in [1.165, 1.54) is 11.8 Å². The van der Waals surface area contributed by atoms with Gasteiger partial charge in [0, 0.05) is 18.7 Å². The predicted molar refractivity (Wildman–Crippen MR) is 129 cm³/mol. The monoisotopic (exact) mass is 469 g/mol. The van der Waals surface area contributed by atoms with Crippen molar-refractivity contribution in [2.24, 2.45) is 0 Å². The van der Waals surface area contributed by atoms with Crippen molar-refractivity contribution in [3.8, 4) is 16.9 Å². The van der Waals surface area contributed by atoms with Gasteiger partial charge in [-0.05, 0) is 31.4 Å². The fraction of sp³-hybridized carbons (Fsp3) is 0.333. The molecule has 32 heavy (non-hydrogen) atoms. The summed E-state index contributed by atoms with van der Waals surface area (Å²) in [7, 11) is -1.34. The van der Waals surface area contributed by atoms with E-state index in [1.807, 2.05) is 30.5 Å². The van der Waals surface area contributed by atoms with E-state index in [2.05, 4.69) is 47.7 Å². The van der Waals surface area contributed by atoms with Crippen LogP contribution in [0.1, 0.15) is 17.5 Å². The van der Waals surface area contributed by atoms with E-state index >= 15 is 0 Å². The summed E-state index contributed by atoms with van der Waals surface area (Å²) in [5.41, 5.74) is 5.33. The highest BCUT2D eigenvalue weighted by Crippen LogP contribution is 2.33. The lowest BCUT2D eigenvalue weighted by atomic mass is 10.1. The van der Waals surface area contributed by atoms with Gasteiger partial charge >= 0.3 is 0 Å².